The number of rotatable bonds is 4. The van der Waals surface area contributed by atoms with Gasteiger partial charge in [0.15, 0.2) is 11.9 Å². The lowest BCUT2D eigenvalue weighted by atomic mass is 9.88. The summed E-state index contributed by atoms with van der Waals surface area (Å²) < 4.78 is 5.56. The molecule has 0 spiro atoms. The number of carbonyl (C=O) groups is 4. The van der Waals surface area contributed by atoms with Crippen molar-refractivity contribution in [2.75, 3.05) is 35.2 Å². The first-order valence-electron chi connectivity index (χ1n) is 13.5. The van der Waals surface area contributed by atoms with E-state index in [1.54, 1.807) is 25.1 Å². The molecule has 0 aromatic heterocycles. The largest absolute Gasteiger partial charge is 0.479 e. The van der Waals surface area contributed by atoms with Gasteiger partial charge in [-0.1, -0.05) is 0 Å². The Bertz CT molecular complexity index is 1280. The van der Waals surface area contributed by atoms with Crippen molar-refractivity contribution in [3.63, 3.8) is 0 Å². The predicted molar refractivity (Wildman–Crippen MR) is 142 cm³/mol. The average Bonchev–Trinajstić information content (AvgIpc) is 3.57. The van der Waals surface area contributed by atoms with Gasteiger partial charge in [-0.2, -0.15) is 0 Å². The van der Waals surface area contributed by atoms with Crippen LogP contribution in [-0.2, 0) is 14.4 Å². The second kappa shape index (κ2) is 9.78. The van der Waals surface area contributed by atoms with Crippen molar-refractivity contribution in [3.05, 3.63) is 48.0 Å². The van der Waals surface area contributed by atoms with E-state index in [2.05, 4.69) is 15.5 Å². The van der Waals surface area contributed by atoms with Crippen molar-refractivity contribution < 1.29 is 23.9 Å². The van der Waals surface area contributed by atoms with E-state index in [-0.39, 0.29) is 17.6 Å². The van der Waals surface area contributed by atoms with E-state index in [1.807, 2.05) is 24.3 Å². The van der Waals surface area contributed by atoms with Crippen LogP contribution in [0, 0.1) is 11.8 Å². The zero-order chi connectivity index (χ0) is 26.4. The Labute approximate surface area is 221 Å². The van der Waals surface area contributed by atoms with Crippen molar-refractivity contribution in [1.29, 1.82) is 0 Å². The first-order valence-corrected chi connectivity index (χ1v) is 13.5. The highest BCUT2D eigenvalue weighted by molar-refractivity contribution is 6.39. The molecule has 2 saturated heterocycles. The van der Waals surface area contributed by atoms with Crippen LogP contribution in [0.5, 0.6) is 5.75 Å². The summed E-state index contributed by atoms with van der Waals surface area (Å²) in [5.74, 6) is -0.451. The fourth-order valence-corrected chi connectivity index (χ4v) is 6.25. The highest BCUT2D eigenvalue weighted by Crippen LogP contribution is 2.40. The van der Waals surface area contributed by atoms with Crippen LogP contribution in [0.25, 0.3) is 0 Å². The van der Waals surface area contributed by atoms with E-state index >= 15 is 0 Å². The number of Topliss-reactive ketones (excluding diaryl/α,β-unsaturated/α-hetero) is 1. The first kappa shape index (κ1) is 24.5. The average molecular weight is 517 g/mol. The molecule has 0 radical (unpaired) electrons. The quantitative estimate of drug-likeness (QED) is 0.476. The van der Waals surface area contributed by atoms with Crippen LogP contribution < -0.4 is 20.3 Å². The third-order valence-corrected chi connectivity index (χ3v) is 8.41. The third-order valence-electron chi connectivity index (χ3n) is 8.41. The molecular formula is C29H32N4O5. The summed E-state index contributed by atoms with van der Waals surface area (Å²) in [5.41, 5.74) is 2.75. The minimum absolute atomic E-state index is 0.0384. The molecule has 2 aromatic carbocycles. The summed E-state index contributed by atoms with van der Waals surface area (Å²) in [6, 6.07) is 13.4. The van der Waals surface area contributed by atoms with Gasteiger partial charge in [0.2, 0.25) is 0 Å². The maximum atomic E-state index is 13.1. The second-order valence-electron chi connectivity index (χ2n) is 10.9. The molecule has 1 aliphatic carbocycles. The minimum atomic E-state index is -0.664. The maximum Gasteiger partial charge on any atom is 0.313 e. The lowest BCUT2D eigenvalue weighted by Gasteiger charge is -2.31. The van der Waals surface area contributed by atoms with Crippen LogP contribution in [0.3, 0.4) is 0 Å². The maximum absolute atomic E-state index is 13.1. The predicted octanol–water partition coefficient (Wildman–Crippen LogP) is 3.45. The number of nitrogens with zero attached hydrogens (tertiary/aromatic N) is 2. The fourth-order valence-electron chi connectivity index (χ4n) is 6.25. The highest BCUT2D eigenvalue weighted by atomic mass is 16.5. The Morgan fingerprint density at radius 3 is 2.45 bits per heavy atom. The molecule has 3 unspecified atom stereocenters. The third kappa shape index (κ3) is 4.61. The lowest BCUT2D eigenvalue weighted by Crippen LogP contribution is -2.45. The van der Waals surface area contributed by atoms with Crippen molar-refractivity contribution in [2.24, 2.45) is 11.8 Å². The summed E-state index contributed by atoms with van der Waals surface area (Å²) in [6.07, 6.45) is 4.22. The monoisotopic (exact) mass is 516 g/mol. The molecule has 2 aromatic rings. The molecule has 2 bridgehead atoms. The van der Waals surface area contributed by atoms with Gasteiger partial charge in [0.05, 0.1) is 5.69 Å². The van der Waals surface area contributed by atoms with E-state index in [1.165, 1.54) is 24.2 Å². The van der Waals surface area contributed by atoms with Crippen LogP contribution in [0.15, 0.2) is 42.5 Å². The number of hydrogen-bond acceptors (Lipinski definition) is 6. The number of likely N-dealkylation sites (tertiary alicyclic amines) is 1. The summed E-state index contributed by atoms with van der Waals surface area (Å²) in [5, 5.41) is 5.49. The molecule has 4 aliphatic rings. The molecule has 3 heterocycles. The van der Waals surface area contributed by atoms with Crippen molar-refractivity contribution in [1.82, 2.24) is 4.90 Å². The zero-order valence-electron chi connectivity index (χ0n) is 21.4. The Hall–Kier alpha value is -3.88. The summed E-state index contributed by atoms with van der Waals surface area (Å²) in [7, 11) is 0. The van der Waals surface area contributed by atoms with Gasteiger partial charge in [0, 0.05) is 48.5 Å². The van der Waals surface area contributed by atoms with Crippen molar-refractivity contribution >= 4 is 40.6 Å². The van der Waals surface area contributed by atoms with Crippen LogP contribution in [0.4, 0.5) is 17.1 Å². The van der Waals surface area contributed by atoms with E-state index < -0.39 is 17.9 Å². The van der Waals surface area contributed by atoms with Gasteiger partial charge in [0.25, 0.3) is 5.91 Å². The standard InChI is InChI=1S/C29H32N4O5/c1-17-27(35)31-24-15-20(3-9-25(24)38-17)26(34)19-10-12-32(13-11-19)29(37)28(36)30-21-4-7-22(8-5-21)33-16-18-2-6-23(33)14-18/h3-5,7-9,15,17-19,23H,2,6,10-14,16H2,1H3,(H,30,36)(H,31,35). The van der Waals surface area contributed by atoms with Crippen LogP contribution >= 0.6 is 0 Å². The molecule has 2 N–H and O–H groups in total. The summed E-state index contributed by atoms with van der Waals surface area (Å²) >= 11 is 0. The number of ketones is 1. The molecule has 3 amide bonds. The molecular weight excluding hydrogens is 484 g/mol. The molecule has 3 fully saturated rings. The summed E-state index contributed by atoms with van der Waals surface area (Å²) in [6.45, 7) is 3.44. The second-order valence-corrected chi connectivity index (χ2v) is 10.9. The smallest absolute Gasteiger partial charge is 0.313 e. The number of anilines is 3. The zero-order valence-corrected chi connectivity index (χ0v) is 21.4. The summed E-state index contributed by atoms with van der Waals surface area (Å²) in [4.78, 5) is 54.4. The van der Waals surface area contributed by atoms with Crippen molar-refractivity contribution in [3.8, 4) is 5.75 Å². The molecule has 6 rings (SSSR count). The lowest BCUT2D eigenvalue weighted by molar-refractivity contribution is -0.144. The van der Waals surface area contributed by atoms with Gasteiger partial charge >= 0.3 is 11.8 Å². The van der Waals surface area contributed by atoms with Gasteiger partial charge in [0.1, 0.15) is 5.75 Å². The highest BCUT2D eigenvalue weighted by Gasteiger charge is 2.38. The van der Waals surface area contributed by atoms with E-state index in [0.717, 1.165) is 18.2 Å². The Morgan fingerprint density at radius 2 is 1.76 bits per heavy atom. The molecule has 1 saturated carbocycles. The number of amides is 3. The fraction of sp³-hybridized carbons (Fsp3) is 0.448. The Kier molecular flexibility index (Phi) is 6.29. The van der Waals surface area contributed by atoms with Crippen LogP contribution in [0.1, 0.15) is 49.4 Å². The molecule has 3 atom stereocenters. The Balaban J connectivity index is 1.01. The number of ether oxygens (including phenoxy) is 1. The minimum Gasteiger partial charge on any atom is -0.479 e. The van der Waals surface area contributed by atoms with Gasteiger partial charge in [-0.05, 0) is 87.4 Å². The van der Waals surface area contributed by atoms with Gasteiger partial charge in [-0.15, -0.1) is 0 Å². The molecule has 9 heteroatoms. The normalized spacial score (nSPS) is 24.4. The molecule has 198 valence electrons. The van der Waals surface area contributed by atoms with Gasteiger partial charge in [-0.25, -0.2) is 0 Å². The van der Waals surface area contributed by atoms with E-state index in [4.69, 9.17) is 4.74 Å². The Morgan fingerprint density at radius 1 is 1.00 bits per heavy atom. The topological polar surface area (TPSA) is 108 Å². The number of hydrogen-bond donors (Lipinski definition) is 2. The van der Waals surface area contributed by atoms with Crippen LogP contribution in [-0.4, -0.2) is 60.2 Å². The molecule has 3 aliphatic heterocycles. The van der Waals surface area contributed by atoms with Gasteiger partial charge in [-0.3, -0.25) is 19.2 Å². The number of benzene rings is 2. The molecule has 38 heavy (non-hydrogen) atoms. The number of piperidine rings is 2. The van der Waals surface area contributed by atoms with Gasteiger partial charge < -0.3 is 25.2 Å². The number of nitrogens with one attached hydrogen (secondary N) is 2. The number of carbonyl (C=O) groups excluding carboxylic acids is 4. The van der Waals surface area contributed by atoms with E-state index in [9.17, 15) is 19.2 Å². The number of fused-ring (bicyclic) bond motifs is 3. The van der Waals surface area contributed by atoms with E-state index in [0.29, 0.717) is 54.7 Å². The SMILES string of the molecule is CC1Oc2ccc(C(=O)C3CCN(C(=O)C(=O)Nc4ccc(N5CC6CCC5C6)cc4)CC3)cc2NC1=O. The van der Waals surface area contributed by atoms with Crippen molar-refractivity contribution in [2.45, 2.75) is 51.2 Å². The van der Waals surface area contributed by atoms with Crippen LogP contribution in [0.2, 0.25) is 0 Å². The molecule has 9 nitrogen and oxygen atoms in total. The first-order chi connectivity index (χ1) is 18.4.